The van der Waals surface area contributed by atoms with Crippen molar-refractivity contribution in [1.29, 1.82) is 0 Å². The number of hydrogen-bond donors (Lipinski definition) is 2. The van der Waals surface area contributed by atoms with Crippen molar-refractivity contribution in [2.45, 2.75) is 45.4 Å². The number of nitrogens with one attached hydrogen (secondary N) is 1. The van der Waals surface area contributed by atoms with Crippen LogP contribution in [0, 0.1) is 11.7 Å². The van der Waals surface area contributed by atoms with Crippen molar-refractivity contribution in [2.24, 2.45) is 5.92 Å². The molecule has 0 aliphatic carbocycles. The fourth-order valence-electron chi connectivity index (χ4n) is 3.86. The van der Waals surface area contributed by atoms with Gasteiger partial charge in [0.25, 0.3) is 0 Å². The number of aliphatic hydroxyl groups is 1. The Bertz CT molecular complexity index is 890. The lowest BCUT2D eigenvalue weighted by Gasteiger charge is -2.33. The number of likely N-dealkylation sites (tertiary alicyclic amines) is 1. The highest BCUT2D eigenvalue weighted by atomic mass is 19.1. The second kappa shape index (κ2) is 11.5. The van der Waals surface area contributed by atoms with Crippen molar-refractivity contribution in [3.8, 4) is 5.75 Å². The Morgan fingerprint density at radius 2 is 1.85 bits per heavy atom. The van der Waals surface area contributed by atoms with Crippen molar-refractivity contribution >= 4 is 6.03 Å². The highest BCUT2D eigenvalue weighted by molar-refractivity contribution is 5.74. The van der Waals surface area contributed by atoms with Crippen LogP contribution in [-0.4, -0.2) is 59.8 Å². The topological polar surface area (TPSA) is 65.0 Å². The Labute approximate surface area is 196 Å². The number of piperidine rings is 1. The first-order valence-corrected chi connectivity index (χ1v) is 11.6. The second-order valence-electron chi connectivity index (χ2n) is 9.62. The van der Waals surface area contributed by atoms with Gasteiger partial charge in [-0.05, 0) is 76.5 Å². The predicted octanol–water partition coefficient (Wildman–Crippen LogP) is 4.03. The summed E-state index contributed by atoms with van der Waals surface area (Å²) in [6, 6.07) is 13.8. The molecule has 0 spiro atoms. The maximum absolute atomic E-state index is 14.3. The molecule has 0 saturated carbocycles. The maximum atomic E-state index is 14.3. The molecule has 2 amide bonds. The molecule has 3 rings (SSSR count). The van der Waals surface area contributed by atoms with E-state index in [9.17, 15) is 14.3 Å². The molecular formula is C26H36FN3O3. The summed E-state index contributed by atoms with van der Waals surface area (Å²) in [5.41, 5.74) is 0.556. The average molecular weight is 458 g/mol. The Hall–Kier alpha value is -2.64. The highest BCUT2D eigenvalue weighted by Gasteiger charge is 2.23. The molecule has 1 aliphatic heterocycles. The lowest BCUT2D eigenvalue weighted by Crippen LogP contribution is -2.44. The third-order valence-corrected chi connectivity index (χ3v) is 5.88. The molecule has 1 saturated heterocycles. The number of benzene rings is 2. The fraction of sp³-hybridized carbons (Fsp3) is 0.500. The molecule has 0 aromatic heterocycles. The predicted molar refractivity (Wildman–Crippen MR) is 128 cm³/mol. The van der Waals surface area contributed by atoms with Crippen LogP contribution in [0.1, 0.15) is 37.8 Å². The third-order valence-electron chi connectivity index (χ3n) is 5.88. The molecule has 2 aromatic carbocycles. The molecule has 0 bridgehead atoms. The summed E-state index contributed by atoms with van der Waals surface area (Å²) in [6.45, 7) is 6.83. The van der Waals surface area contributed by atoms with Crippen LogP contribution in [0.15, 0.2) is 48.5 Å². The van der Waals surface area contributed by atoms with E-state index in [2.05, 4.69) is 17.3 Å². The smallest absolute Gasteiger partial charge is 0.317 e. The molecule has 1 fully saturated rings. The molecular weight excluding hydrogens is 421 g/mol. The minimum absolute atomic E-state index is 0.195. The molecule has 1 aliphatic rings. The highest BCUT2D eigenvalue weighted by Crippen LogP contribution is 2.20. The van der Waals surface area contributed by atoms with E-state index in [-0.39, 0.29) is 25.0 Å². The standard InChI is InChI=1S/C26H36FN3O3/c1-26(2,32)19-33-23-10-8-20(9-11-23)16-28-25(31)30(17-21-12-14-29(3)15-13-21)18-22-6-4-5-7-24(22)27/h4-11,21,32H,12-19H2,1-3H3,(H,28,31). The van der Waals surface area contributed by atoms with Crippen molar-refractivity contribution in [3.05, 3.63) is 65.5 Å². The number of amides is 2. The first-order chi connectivity index (χ1) is 15.7. The molecule has 7 heteroatoms. The monoisotopic (exact) mass is 457 g/mol. The van der Waals surface area contributed by atoms with Crippen LogP contribution in [0.4, 0.5) is 9.18 Å². The normalized spacial score (nSPS) is 15.3. The number of nitrogens with zero attached hydrogens (tertiary/aromatic N) is 2. The van der Waals surface area contributed by atoms with Gasteiger partial charge in [-0.25, -0.2) is 9.18 Å². The molecule has 0 atom stereocenters. The van der Waals surface area contributed by atoms with Crippen LogP contribution >= 0.6 is 0 Å². The number of carbonyl (C=O) groups excluding carboxylic acids is 1. The Morgan fingerprint density at radius 3 is 2.48 bits per heavy atom. The minimum atomic E-state index is -0.901. The molecule has 2 N–H and O–H groups in total. The molecule has 1 heterocycles. The van der Waals surface area contributed by atoms with Gasteiger partial charge in [0.15, 0.2) is 0 Å². The summed E-state index contributed by atoms with van der Waals surface area (Å²) in [5, 5.41) is 12.8. The van der Waals surface area contributed by atoms with Crippen LogP contribution in [0.25, 0.3) is 0 Å². The third kappa shape index (κ3) is 8.33. The van der Waals surface area contributed by atoms with Gasteiger partial charge in [0.2, 0.25) is 0 Å². The van der Waals surface area contributed by atoms with Crippen molar-refractivity contribution in [3.63, 3.8) is 0 Å². The Morgan fingerprint density at radius 1 is 1.18 bits per heavy atom. The van der Waals surface area contributed by atoms with Gasteiger partial charge in [-0.2, -0.15) is 0 Å². The number of halogens is 1. The maximum Gasteiger partial charge on any atom is 0.317 e. The van der Waals surface area contributed by atoms with E-state index in [1.54, 1.807) is 36.9 Å². The van der Waals surface area contributed by atoms with E-state index in [0.29, 0.717) is 30.3 Å². The summed E-state index contributed by atoms with van der Waals surface area (Å²) in [5.74, 6) is 0.780. The van der Waals surface area contributed by atoms with E-state index in [1.807, 2.05) is 24.3 Å². The first kappa shape index (κ1) is 25.0. The van der Waals surface area contributed by atoms with Gasteiger partial charge in [-0.15, -0.1) is 0 Å². The van der Waals surface area contributed by atoms with Crippen LogP contribution in [0.5, 0.6) is 5.75 Å². The zero-order chi connectivity index (χ0) is 23.8. The Kier molecular flexibility index (Phi) is 8.69. The molecule has 0 radical (unpaired) electrons. The summed E-state index contributed by atoms with van der Waals surface area (Å²) in [6.07, 6.45) is 2.06. The summed E-state index contributed by atoms with van der Waals surface area (Å²) in [7, 11) is 2.11. The van der Waals surface area contributed by atoms with Gasteiger partial charge in [0, 0.05) is 18.7 Å². The second-order valence-corrected chi connectivity index (χ2v) is 9.62. The summed E-state index contributed by atoms with van der Waals surface area (Å²) < 4.78 is 19.9. The van der Waals surface area contributed by atoms with Crippen molar-refractivity contribution < 1.29 is 19.0 Å². The number of rotatable bonds is 9. The van der Waals surface area contributed by atoms with Crippen LogP contribution in [0.2, 0.25) is 0 Å². The number of ether oxygens (including phenoxy) is 1. The van der Waals surface area contributed by atoms with Crippen LogP contribution in [0.3, 0.4) is 0 Å². The van der Waals surface area contributed by atoms with E-state index in [1.165, 1.54) is 6.07 Å². The lowest BCUT2D eigenvalue weighted by molar-refractivity contribution is 0.0285. The van der Waals surface area contributed by atoms with E-state index < -0.39 is 5.60 Å². The van der Waals surface area contributed by atoms with Gasteiger partial charge in [-0.3, -0.25) is 0 Å². The van der Waals surface area contributed by atoms with E-state index >= 15 is 0 Å². The molecule has 33 heavy (non-hydrogen) atoms. The van der Waals surface area contributed by atoms with Crippen molar-refractivity contribution in [2.75, 3.05) is 33.3 Å². The van der Waals surface area contributed by atoms with Gasteiger partial charge in [0.1, 0.15) is 18.2 Å². The summed E-state index contributed by atoms with van der Waals surface area (Å²) >= 11 is 0. The zero-order valence-electron chi connectivity index (χ0n) is 19.9. The van der Waals surface area contributed by atoms with Gasteiger partial charge in [0.05, 0.1) is 12.1 Å². The van der Waals surface area contributed by atoms with Crippen LogP contribution in [-0.2, 0) is 13.1 Å². The largest absolute Gasteiger partial charge is 0.491 e. The van der Waals surface area contributed by atoms with Gasteiger partial charge in [-0.1, -0.05) is 30.3 Å². The van der Waals surface area contributed by atoms with Gasteiger partial charge >= 0.3 is 6.03 Å². The minimum Gasteiger partial charge on any atom is -0.491 e. The molecule has 180 valence electrons. The quantitative estimate of drug-likeness (QED) is 0.597. The number of urea groups is 1. The zero-order valence-corrected chi connectivity index (χ0v) is 19.9. The fourth-order valence-corrected chi connectivity index (χ4v) is 3.86. The van der Waals surface area contributed by atoms with Crippen LogP contribution < -0.4 is 10.1 Å². The average Bonchev–Trinajstić information content (AvgIpc) is 2.78. The van der Waals surface area contributed by atoms with E-state index in [4.69, 9.17) is 4.74 Å². The SMILES string of the molecule is CN1CCC(CN(Cc2ccccc2F)C(=O)NCc2ccc(OCC(C)(C)O)cc2)CC1. The lowest BCUT2D eigenvalue weighted by atomic mass is 9.96. The summed E-state index contributed by atoms with van der Waals surface area (Å²) in [4.78, 5) is 17.1. The Balaban J connectivity index is 1.60. The van der Waals surface area contributed by atoms with E-state index in [0.717, 1.165) is 31.5 Å². The van der Waals surface area contributed by atoms with Gasteiger partial charge < -0.3 is 25.0 Å². The number of carbonyl (C=O) groups is 1. The molecule has 2 aromatic rings. The molecule has 0 unspecified atom stereocenters. The van der Waals surface area contributed by atoms with Crippen molar-refractivity contribution in [1.82, 2.24) is 15.1 Å². The first-order valence-electron chi connectivity index (χ1n) is 11.6. The number of hydrogen-bond acceptors (Lipinski definition) is 4. The molecule has 6 nitrogen and oxygen atoms in total.